The van der Waals surface area contributed by atoms with Gasteiger partial charge in [0.25, 0.3) is 5.56 Å². The van der Waals surface area contributed by atoms with Crippen LogP contribution in [0.3, 0.4) is 0 Å². The molecule has 0 N–H and O–H groups in total. The van der Waals surface area contributed by atoms with Crippen LogP contribution in [-0.4, -0.2) is 82.9 Å². The number of likely N-dealkylation sites (N-methyl/N-ethyl adjacent to an activating group) is 1. The highest BCUT2D eigenvalue weighted by molar-refractivity contribution is 7.89. The predicted octanol–water partition coefficient (Wildman–Crippen LogP) is 5.74. The number of hydrogen-bond acceptors (Lipinski definition) is 9. The number of piperazine rings is 1. The SMILES string of the molecule is CCCCCCCCCCCCCC(=O)On1c(-c2cc(S(=O)(=O)N3CCN(C)CC3)ccc2OCC)nc(=O)c2c1c(CCC)nn2C. The fourth-order valence-electron chi connectivity index (χ4n) is 6.37. The van der Waals surface area contributed by atoms with Gasteiger partial charge in [-0.25, -0.2) is 13.2 Å². The molecule has 2 aromatic heterocycles. The van der Waals surface area contributed by atoms with Gasteiger partial charge in [-0.15, -0.1) is 0 Å². The molecule has 272 valence electrons. The van der Waals surface area contributed by atoms with Crippen molar-refractivity contribution in [1.82, 2.24) is 28.7 Å². The summed E-state index contributed by atoms with van der Waals surface area (Å²) in [7, 11) is -0.241. The Morgan fingerprint density at radius 2 is 1.47 bits per heavy atom. The van der Waals surface area contributed by atoms with E-state index < -0.39 is 21.6 Å². The van der Waals surface area contributed by atoms with Crippen molar-refractivity contribution in [1.29, 1.82) is 0 Å². The van der Waals surface area contributed by atoms with E-state index in [0.29, 0.717) is 56.0 Å². The zero-order valence-corrected chi connectivity index (χ0v) is 31.0. The minimum atomic E-state index is -3.87. The molecule has 12 nitrogen and oxygen atoms in total. The number of ether oxygens (including phenoxy) is 1. The Hall–Kier alpha value is -3.29. The molecule has 0 unspecified atom stereocenters. The Morgan fingerprint density at radius 1 is 0.837 bits per heavy atom. The normalized spacial score (nSPS) is 14.5. The van der Waals surface area contributed by atoms with Gasteiger partial charge in [-0.1, -0.05) is 84.5 Å². The summed E-state index contributed by atoms with van der Waals surface area (Å²) in [4.78, 5) is 39.5. The number of sulfonamides is 1. The minimum absolute atomic E-state index is 0.00554. The number of carbonyl (C=O) groups excluding carboxylic acids is 1. The van der Waals surface area contributed by atoms with Crippen LogP contribution in [0.2, 0.25) is 0 Å². The highest BCUT2D eigenvalue weighted by Gasteiger charge is 2.30. The number of unbranched alkanes of at least 4 members (excludes halogenated alkanes) is 10. The Balaban J connectivity index is 1.63. The van der Waals surface area contributed by atoms with Crippen molar-refractivity contribution >= 4 is 27.0 Å². The Kier molecular flexibility index (Phi) is 14.6. The van der Waals surface area contributed by atoms with Crippen LogP contribution < -0.4 is 15.1 Å². The molecule has 0 radical (unpaired) electrons. The molecule has 4 rings (SSSR count). The lowest BCUT2D eigenvalue weighted by Crippen LogP contribution is -2.47. The molecule has 13 heteroatoms. The van der Waals surface area contributed by atoms with Crippen molar-refractivity contribution in [3.63, 3.8) is 0 Å². The lowest BCUT2D eigenvalue weighted by atomic mass is 10.1. The first-order chi connectivity index (χ1) is 23.6. The topological polar surface area (TPSA) is 129 Å². The minimum Gasteiger partial charge on any atom is -0.493 e. The van der Waals surface area contributed by atoms with Crippen molar-refractivity contribution in [2.24, 2.45) is 7.05 Å². The zero-order chi connectivity index (χ0) is 35.4. The molecule has 0 bridgehead atoms. The molecule has 0 aliphatic carbocycles. The number of hydrogen-bond donors (Lipinski definition) is 0. The third kappa shape index (κ3) is 9.91. The maximum atomic E-state index is 13.8. The van der Waals surface area contributed by atoms with Gasteiger partial charge in [0, 0.05) is 39.6 Å². The van der Waals surface area contributed by atoms with Gasteiger partial charge >= 0.3 is 5.97 Å². The maximum Gasteiger partial charge on any atom is 0.333 e. The second kappa shape index (κ2) is 18.6. The Labute approximate surface area is 291 Å². The van der Waals surface area contributed by atoms with E-state index in [2.05, 4.69) is 21.9 Å². The summed E-state index contributed by atoms with van der Waals surface area (Å²) in [6.07, 6.45) is 14.3. The molecule has 1 fully saturated rings. The van der Waals surface area contributed by atoms with Gasteiger partial charge < -0.3 is 14.5 Å². The van der Waals surface area contributed by atoms with Crippen molar-refractivity contribution in [3.8, 4) is 17.1 Å². The molecule has 0 saturated carbocycles. The lowest BCUT2D eigenvalue weighted by Gasteiger charge is -2.31. The molecule has 1 aliphatic rings. The Bertz CT molecular complexity index is 1690. The van der Waals surface area contributed by atoms with Crippen LogP contribution in [0.4, 0.5) is 0 Å². The van der Waals surface area contributed by atoms with Crippen LogP contribution in [-0.2, 0) is 28.3 Å². The average molecular weight is 701 g/mol. The fourth-order valence-corrected chi connectivity index (χ4v) is 7.82. The van der Waals surface area contributed by atoms with E-state index in [4.69, 9.17) is 9.57 Å². The summed E-state index contributed by atoms with van der Waals surface area (Å²) in [6, 6.07) is 4.55. The summed E-state index contributed by atoms with van der Waals surface area (Å²) in [5.74, 6) is -0.148. The van der Waals surface area contributed by atoms with E-state index in [1.807, 2.05) is 20.9 Å². The largest absolute Gasteiger partial charge is 0.493 e. The van der Waals surface area contributed by atoms with Gasteiger partial charge in [0.15, 0.2) is 11.3 Å². The number of nitrogens with zero attached hydrogens (tertiary/aromatic N) is 6. The smallest absolute Gasteiger partial charge is 0.333 e. The highest BCUT2D eigenvalue weighted by atomic mass is 32.2. The van der Waals surface area contributed by atoms with Gasteiger partial charge in [-0.2, -0.15) is 19.1 Å². The van der Waals surface area contributed by atoms with Crippen LogP contribution in [0.15, 0.2) is 27.9 Å². The molecule has 0 amide bonds. The van der Waals surface area contributed by atoms with Crippen LogP contribution in [0.1, 0.15) is 110 Å². The van der Waals surface area contributed by atoms with Gasteiger partial charge in [0.05, 0.1) is 22.8 Å². The number of rotatable bonds is 20. The van der Waals surface area contributed by atoms with Gasteiger partial charge in [-0.3, -0.25) is 9.48 Å². The molecule has 0 spiro atoms. The van der Waals surface area contributed by atoms with Crippen molar-refractivity contribution in [2.75, 3.05) is 39.8 Å². The maximum absolute atomic E-state index is 13.8. The number of aryl methyl sites for hydroxylation is 2. The quantitative estimate of drug-likeness (QED) is 0.136. The number of benzene rings is 1. The van der Waals surface area contributed by atoms with E-state index in [1.165, 1.54) is 70.8 Å². The standard InChI is InChI=1S/C36H56N6O6S/c1-6-9-10-11-12-13-14-15-16-17-18-20-32(43)48-42-33-30(19-7-2)38-40(5)34(33)36(44)37-35(42)29-27-28(21-22-31(29)47-8-3)49(45,46)41-25-23-39(4)24-26-41/h21-22,27H,6-20,23-26H2,1-5H3. The number of carbonyl (C=O) groups is 1. The van der Waals surface area contributed by atoms with Gasteiger partial charge in [-0.05, 0) is 45.0 Å². The second-order valence-corrected chi connectivity index (χ2v) is 15.0. The summed E-state index contributed by atoms with van der Waals surface area (Å²) >= 11 is 0. The molecule has 49 heavy (non-hydrogen) atoms. The van der Waals surface area contributed by atoms with Crippen LogP contribution in [0.25, 0.3) is 22.4 Å². The van der Waals surface area contributed by atoms with E-state index >= 15 is 0 Å². The predicted molar refractivity (Wildman–Crippen MR) is 192 cm³/mol. The first kappa shape index (κ1) is 38.5. The molecular weight excluding hydrogens is 644 g/mol. The number of fused-ring (bicyclic) bond motifs is 1. The van der Waals surface area contributed by atoms with Crippen LogP contribution in [0.5, 0.6) is 5.75 Å². The third-order valence-corrected chi connectivity index (χ3v) is 11.0. The monoisotopic (exact) mass is 700 g/mol. The third-order valence-electron chi connectivity index (χ3n) is 9.15. The second-order valence-electron chi connectivity index (χ2n) is 13.1. The van der Waals surface area contributed by atoms with Gasteiger partial charge in [0.1, 0.15) is 11.3 Å². The highest BCUT2D eigenvalue weighted by Crippen LogP contribution is 2.34. The summed E-state index contributed by atoms with van der Waals surface area (Å²) < 4.78 is 37.7. The molecular formula is C36H56N6O6S. The lowest BCUT2D eigenvalue weighted by molar-refractivity contribution is -0.143. The van der Waals surface area contributed by atoms with Crippen molar-refractivity contribution in [2.45, 2.75) is 116 Å². The van der Waals surface area contributed by atoms with Crippen LogP contribution in [0, 0.1) is 0 Å². The van der Waals surface area contributed by atoms with E-state index in [9.17, 15) is 18.0 Å². The molecule has 0 atom stereocenters. The van der Waals surface area contributed by atoms with E-state index in [0.717, 1.165) is 25.7 Å². The number of aromatic nitrogens is 4. The molecule has 1 saturated heterocycles. The van der Waals surface area contributed by atoms with Crippen molar-refractivity contribution in [3.05, 3.63) is 34.2 Å². The molecule has 3 heterocycles. The summed E-state index contributed by atoms with van der Waals surface area (Å²) in [5.41, 5.74) is 0.817. The van der Waals surface area contributed by atoms with Crippen molar-refractivity contribution < 1.29 is 22.8 Å². The van der Waals surface area contributed by atoms with E-state index in [1.54, 1.807) is 13.1 Å². The van der Waals surface area contributed by atoms with E-state index in [-0.39, 0.29) is 34.8 Å². The van der Waals surface area contributed by atoms with Gasteiger partial charge in [0.2, 0.25) is 10.0 Å². The Morgan fingerprint density at radius 3 is 2.08 bits per heavy atom. The first-order valence-electron chi connectivity index (χ1n) is 18.3. The zero-order valence-electron chi connectivity index (χ0n) is 30.2. The molecule has 1 aromatic carbocycles. The summed E-state index contributed by atoms with van der Waals surface area (Å²) in [5, 5.41) is 4.58. The molecule has 1 aliphatic heterocycles. The molecule has 3 aromatic rings. The summed E-state index contributed by atoms with van der Waals surface area (Å²) in [6.45, 7) is 8.31. The first-order valence-corrected chi connectivity index (χ1v) is 19.7. The average Bonchev–Trinajstić information content (AvgIpc) is 3.41. The van der Waals surface area contributed by atoms with Crippen LogP contribution >= 0.6 is 0 Å². The fraction of sp³-hybridized carbons (Fsp3) is 0.667.